The van der Waals surface area contributed by atoms with Gasteiger partial charge in [-0.05, 0) is 25.0 Å². The highest BCUT2D eigenvalue weighted by atomic mass is 16.5. The van der Waals surface area contributed by atoms with Crippen LogP contribution >= 0.6 is 0 Å². The van der Waals surface area contributed by atoms with Crippen LogP contribution in [0.25, 0.3) is 0 Å². The van der Waals surface area contributed by atoms with Gasteiger partial charge in [-0.3, -0.25) is 4.79 Å². The van der Waals surface area contributed by atoms with E-state index in [1.54, 1.807) is 0 Å². The predicted octanol–water partition coefficient (Wildman–Crippen LogP) is 0.895. The summed E-state index contributed by atoms with van der Waals surface area (Å²) in [5.41, 5.74) is 7.90. The van der Waals surface area contributed by atoms with Crippen molar-refractivity contribution in [2.75, 3.05) is 11.5 Å². The number of carbonyl (C=O) groups is 1. The van der Waals surface area contributed by atoms with Crippen LogP contribution in [0.5, 0.6) is 0 Å². The van der Waals surface area contributed by atoms with E-state index in [9.17, 15) is 4.79 Å². The third kappa shape index (κ3) is 1.52. The minimum Gasteiger partial charge on any atom is -0.369 e. The summed E-state index contributed by atoms with van der Waals surface area (Å²) in [6, 6.07) is 8.66. The molecule has 3 atom stereocenters. The van der Waals surface area contributed by atoms with Gasteiger partial charge in [-0.25, -0.2) is 0 Å². The highest BCUT2D eigenvalue weighted by molar-refractivity contribution is 5.78. The Kier molecular flexibility index (Phi) is 2.33. The summed E-state index contributed by atoms with van der Waals surface area (Å²) in [4.78, 5) is 13.5. The van der Waals surface area contributed by atoms with Crippen molar-refractivity contribution in [1.29, 1.82) is 0 Å². The van der Waals surface area contributed by atoms with Crippen LogP contribution in [0.4, 0.5) is 5.69 Å². The van der Waals surface area contributed by atoms with Gasteiger partial charge in [0.1, 0.15) is 6.23 Å². The molecule has 2 aliphatic rings. The Morgan fingerprint density at radius 1 is 1.53 bits per heavy atom. The maximum Gasteiger partial charge on any atom is 0.224 e. The summed E-state index contributed by atoms with van der Waals surface area (Å²) in [7, 11) is 0. The molecule has 4 nitrogen and oxygen atoms in total. The molecule has 4 heteroatoms. The van der Waals surface area contributed by atoms with E-state index < -0.39 is 0 Å². The third-order valence-electron chi connectivity index (χ3n) is 3.73. The van der Waals surface area contributed by atoms with Crippen molar-refractivity contribution in [3.63, 3.8) is 0 Å². The molecule has 2 heterocycles. The van der Waals surface area contributed by atoms with E-state index in [0.717, 1.165) is 6.42 Å². The molecule has 0 aliphatic carbocycles. The molecule has 3 rings (SSSR count). The van der Waals surface area contributed by atoms with Crippen LogP contribution in [0, 0.1) is 5.92 Å². The second-order valence-corrected chi connectivity index (χ2v) is 4.81. The van der Waals surface area contributed by atoms with E-state index in [-0.39, 0.29) is 18.1 Å². The van der Waals surface area contributed by atoms with Crippen molar-refractivity contribution < 1.29 is 9.53 Å². The number of benzene rings is 1. The summed E-state index contributed by atoms with van der Waals surface area (Å²) in [6.45, 7) is 2.51. The van der Waals surface area contributed by atoms with E-state index in [1.165, 1.54) is 11.3 Å². The van der Waals surface area contributed by atoms with Crippen molar-refractivity contribution in [3.8, 4) is 0 Å². The van der Waals surface area contributed by atoms with Crippen LogP contribution in [0.15, 0.2) is 24.3 Å². The van der Waals surface area contributed by atoms with Crippen molar-refractivity contribution in [2.24, 2.45) is 11.7 Å². The fourth-order valence-corrected chi connectivity index (χ4v) is 2.78. The normalized spacial score (nSPS) is 27.7. The van der Waals surface area contributed by atoms with Crippen LogP contribution < -0.4 is 10.6 Å². The molecule has 1 fully saturated rings. The van der Waals surface area contributed by atoms with E-state index in [1.807, 2.05) is 19.1 Å². The number of nitrogens with zero attached hydrogens (tertiary/aromatic N) is 1. The molecule has 2 aliphatic heterocycles. The number of hydrogen-bond donors (Lipinski definition) is 1. The Labute approximate surface area is 100 Å². The Morgan fingerprint density at radius 3 is 3.06 bits per heavy atom. The van der Waals surface area contributed by atoms with E-state index >= 15 is 0 Å². The number of amides is 1. The van der Waals surface area contributed by atoms with Gasteiger partial charge in [0.2, 0.25) is 5.91 Å². The van der Waals surface area contributed by atoms with Crippen LogP contribution in [0.3, 0.4) is 0 Å². The number of hydrogen-bond acceptors (Lipinski definition) is 3. The topological polar surface area (TPSA) is 55.6 Å². The molecule has 1 saturated heterocycles. The average molecular weight is 232 g/mol. The van der Waals surface area contributed by atoms with Gasteiger partial charge >= 0.3 is 0 Å². The summed E-state index contributed by atoms with van der Waals surface area (Å²) in [6.07, 6.45) is 0.791. The molecule has 90 valence electrons. The quantitative estimate of drug-likeness (QED) is 0.824. The van der Waals surface area contributed by atoms with E-state index in [0.29, 0.717) is 12.6 Å². The third-order valence-corrected chi connectivity index (χ3v) is 3.73. The van der Waals surface area contributed by atoms with E-state index in [4.69, 9.17) is 10.5 Å². The average Bonchev–Trinajstić information content (AvgIpc) is 2.86. The van der Waals surface area contributed by atoms with Gasteiger partial charge in [-0.1, -0.05) is 18.2 Å². The second-order valence-electron chi connectivity index (χ2n) is 4.81. The summed E-state index contributed by atoms with van der Waals surface area (Å²) < 4.78 is 5.73. The zero-order valence-electron chi connectivity index (χ0n) is 9.80. The summed E-state index contributed by atoms with van der Waals surface area (Å²) in [5, 5.41) is 0. The fraction of sp³-hybridized carbons (Fsp3) is 0.462. The highest BCUT2D eigenvalue weighted by Crippen LogP contribution is 2.39. The molecule has 1 aromatic rings. The minimum absolute atomic E-state index is 0.207. The zero-order valence-corrected chi connectivity index (χ0v) is 9.80. The first-order chi connectivity index (χ1) is 8.18. The number of ether oxygens (including phenoxy) is 1. The largest absolute Gasteiger partial charge is 0.369 e. The Morgan fingerprint density at radius 2 is 2.29 bits per heavy atom. The second kappa shape index (κ2) is 3.74. The lowest BCUT2D eigenvalue weighted by atomic mass is 10.1. The van der Waals surface area contributed by atoms with Crippen molar-refractivity contribution in [1.82, 2.24) is 0 Å². The standard InChI is InChI=1S/C13H16N2O2/c1-8(12(14)16)13-15-10(7-17-13)6-9-4-2-3-5-11(9)15/h2-5,8,10,13H,6-7H2,1H3,(H2,14,16). The van der Waals surface area contributed by atoms with Gasteiger partial charge in [0.15, 0.2) is 0 Å². The summed E-state index contributed by atoms with van der Waals surface area (Å²) >= 11 is 0. The molecular formula is C13H16N2O2. The Bertz CT molecular complexity index is 460. The van der Waals surface area contributed by atoms with Gasteiger partial charge in [0.25, 0.3) is 0 Å². The maximum absolute atomic E-state index is 11.3. The molecule has 3 unspecified atom stereocenters. The smallest absolute Gasteiger partial charge is 0.224 e. The molecule has 0 radical (unpaired) electrons. The van der Waals surface area contributed by atoms with E-state index in [2.05, 4.69) is 17.0 Å². The van der Waals surface area contributed by atoms with Gasteiger partial charge < -0.3 is 15.4 Å². The number of anilines is 1. The van der Waals surface area contributed by atoms with Crippen LogP contribution in [-0.4, -0.2) is 24.8 Å². The van der Waals surface area contributed by atoms with Gasteiger partial charge in [-0.2, -0.15) is 0 Å². The SMILES string of the molecule is CC(C(N)=O)C1OCC2Cc3ccccc3N21. The lowest BCUT2D eigenvalue weighted by Gasteiger charge is -2.28. The lowest BCUT2D eigenvalue weighted by Crippen LogP contribution is -2.43. The zero-order chi connectivity index (χ0) is 12.0. The molecule has 0 saturated carbocycles. The van der Waals surface area contributed by atoms with Crippen LogP contribution in [-0.2, 0) is 16.0 Å². The van der Waals surface area contributed by atoms with Gasteiger partial charge in [0.05, 0.1) is 18.6 Å². The van der Waals surface area contributed by atoms with Gasteiger partial charge in [-0.15, -0.1) is 0 Å². The molecule has 2 N–H and O–H groups in total. The number of carbonyl (C=O) groups excluding carboxylic acids is 1. The number of para-hydroxylation sites is 1. The maximum atomic E-state index is 11.3. The van der Waals surface area contributed by atoms with Crippen molar-refractivity contribution >= 4 is 11.6 Å². The van der Waals surface area contributed by atoms with Crippen LogP contribution in [0.2, 0.25) is 0 Å². The molecule has 0 aromatic heterocycles. The lowest BCUT2D eigenvalue weighted by molar-refractivity contribution is -0.124. The molecule has 1 amide bonds. The number of nitrogens with two attached hydrogens (primary N) is 1. The molecular weight excluding hydrogens is 216 g/mol. The predicted molar refractivity (Wildman–Crippen MR) is 64.5 cm³/mol. The molecule has 0 spiro atoms. The number of rotatable bonds is 2. The summed E-state index contributed by atoms with van der Waals surface area (Å²) in [5.74, 6) is -0.591. The Hall–Kier alpha value is -1.55. The Balaban J connectivity index is 1.95. The molecule has 0 bridgehead atoms. The highest BCUT2D eigenvalue weighted by Gasteiger charge is 2.43. The van der Waals surface area contributed by atoms with Crippen molar-refractivity contribution in [3.05, 3.63) is 29.8 Å². The first kappa shape index (κ1) is 10.6. The van der Waals surface area contributed by atoms with Gasteiger partial charge in [0, 0.05) is 5.69 Å². The monoisotopic (exact) mass is 232 g/mol. The molecule has 1 aromatic carbocycles. The number of primary amides is 1. The molecule has 17 heavy (non-hydrogen) atoms. The van der Waals surface area contributed by atoms with Crippen molar-refractivity contribution in [2.45, 2.75) is 25.6 Å². The minimum atomic E-state index is -0.306. The first-order valence-corrected chi connectivity index (χ1v) is 5.95. The first-order valence-electron chi connectivity index (χ1n) is 5.95. The fourth-order valence-electron chi connectivity index (χ4n) is 2.78. The number of fused-ring (bicyclic) bond motifs is 3. The van der Waals surface area contributed by atoms with Crippen LogP contribution in [0.1, 0.15) is 12.5 Å².